The van der Waals surface area contributed by atoms with Gasteiger partial charge in [0.15, 0.2) is 5.69 Å². The van der Waals surface area contributed by atoms with E-state index in [0.29, 0.717) is 0 Å². The molecule has 0 bridgehead atoms. The maximum atomic E-state index is 13.3. The number of hydrogen-bond acceptors (Lipinski definition) is 4. The lowest BCUT2D eigenvalue weighted by Gasteiger charge is -2.21. The molecule has 5 nitrogen and oxygen atoms in total. The van der Waals surface area contributed by atoms with Crippen LogP contribution in [-0.2, 0) is 17.3 Å². The van der Waals surface area contributed by atoms with Crippen molar-refractivity contribution >= 4 is 11.9 Å². The Balaban J connectivity index is 0.000000929. The highest BCUT2D eigenvalue weighted by Gasteiger charge is 2.42. The molecule has 1 saturated carbocycles. The molecule has 1 fully saturated rings. The van der Waals surface area contributed by atoms with Crippen molar-refractivity contribution in [3.8, 4) is 0 Å². The number of carbonyl (C=O) groups is 2. The highest BCUT2D eigenvalue weighted by Crippen LogP contribution is 2.37. The molecular weight excluding hydrogens is 399 g/mol. The van der Waals surface area contributed by atoms with E-state index in [2.05, 4.69) is 16.6 Å². The normalized spacial score (nSPS) is 13.9. The van der Waals surface area contributed by atoms with Gasteiger partial charge in [0.05, 0.1) is 17.7 Å². The summed E-state index contributed by atoms with van der Waals surface area (Å²) < 4.78 is 70.9. The Kier molecular flexibility index (Phi) is 8.52. The number of esters is 1. The molecule has 1 heterocycles. The molecule has 1 aromatic heterocycles. The summed E-state index contributed by atoms with van der Waals surface area (Å²) in [7, 11) is 0. The average Bonchev–Trinajstić information content (AvgIpc) is 3.34. The molecule has 0 unspecified atom stereocenters. The van der Waals surface area contributed by atoms with E-state index < -0.39 is 52.6 Å². The summed E-state index contributed by atoms with van der Waals surface area (Å²) in [6.07, 6.45) is -5.98. The summed E-state index contributed by atoms with van der Waals surface area (Å²) in [4.78, 5) is 26.6. The van der Waals surface area contributed by atoms with Crippen molar-refractivity contribution in [2.24, 2.45) is 17.6 Å². The topological polar surface area (TPSA) is 82.3 Å². The van der Waals surface area contributed by atoms with Gasteiger partial charge in [-0.2, -0.15) is 13.2 Å². The third-order valence-electron chi connectivity index (χ3n) is 4.01. The number of nitrogens with zero attached hydrogens (tertiary/aromatic N) is 1. The van der Waals surface area contributed by atoms with Crippen molar-refractivity contribution in [1.82, 2.24) is 4.98 Å². The summed E-state index contributed by atoms with van der Waals surface area (Å²) in [6.45, 7) is 6.55. The minimum atomic E-state index is -5.20. The SMILES string of the molecule is CC1CC1.CCOC(=O)c1c(C(F)(F)F)nc(C(F)F)c(C(N)=O)c1CC(C)C. The van der Waals surface area contributed by atoms with Gasteiger partial charge in [-0.15, -0.1) is 0 Å². The summed E-state index contributed by atoms with van der Waals surface area (Å²) in [5.74, 6) is -2.07. The second kappa shape index (κ2) is 9.98. The van der Waals surface area contributed by atoms with Crippen molar-refractivity contribution in [3.05, 3.63) is 28.1 Å². The molecule has 164 valence electrons. The van der Waals surface area contributed by atoms with Gasteiger partial charge < -0.3 is 10.5 Å². The molecule has 10 heteroatoms. The minimum absolute atomic E-state index is 0.250. The van der Waals surface area contributed by atoms with E-state index in [4.69, 9.17) is 5.73 Å². The van der Waals surface area contributed by atoms with Gasteiger partial charge in [-0.25, -0.2) is 18.6 Å². The molecule has 1 aliphatic rings. The van der Waals surface area contributed by atoms with Gasteiger partial charge in [0.1, 0.15) is 5.69 Å². The Morgan fingerprint density at radius 2 is 1.72 bits per heavy atom. The largest absolute Gasteiger partial charge is 0.462 e. The fraction of sp³-hybridized carbons (Fsp3) is 0.632. The van der Waals surface area contributed by atoms with Crippen LogP contribution in [0.25, 0.3) is 0 Å². The molecule has 0 saturated heterocycles. The van der Waals surface area contributed by atoms with Crippen LogP contribution in [-0.4, -0.2) is 23.5 Å². The van der Waals surface area contributed by atoms with Crippen LogP contribution in [0.4, 0.5) is 22.0 Å². The quantitative estimate of drug-likeness (QED) is 0.519. The number of aromatic nitrogens is 1. The van der Waals surface area contributed by atoms with Crippen molar-refractivity contribution in [2.45, 2.75) is 59.6 Å². The Bertz CT molecular complexity index is 744. The average molecular weight is 424 g/mol. The van der Waals surface area contributed by atoms with Crippen LogP contribution in [0.1, 0.15) is 84.6 Å². The summed E-state index contributed by atoms with van der Waals surface area (Å²) in [5.41, 5.74) is -0.591. The van der Waals surface area contributed by atoms with Gasteiger partial charge in [0.25, 0.3) is 12.3 Å². The molecule has 0 atom stereocenters. The number of carbonyl (C=O) groups excluding carboxylic acids is 2. The summed E-state index contributed by atoms with van der Waals surface area (Å²) in [5, 5.41) is 0. The van der Waals surface area contributed by atoms with Crippen LogP contribution in [0.15, 0.2) is 0 Å². The van der Waals surface area contributed by atoms with Gasteiger partial charge in [-0.3, -0.25) is 4.79 Å². The molecular formula is C19H25F5N2O3. The fourth-order valence-corrected chi connectivity index (χ4v) is 2.49. The van der Waals surface area contributed by atoms with E-state index in [1.807, 2.05) is 0 Å². The molecule has 1 aliphatic carbocycles. The molecule has 0 aliphatic heterocycles. The van der Waals surface area contributed by atoms with E-state index in [-0.39, 0.29) is 18.9 Å². The molecule has 2 N–H and O–H groups in total. The molecule has 2 rings (SSSR count). The highest BCUT2D eigenvalue weighted by molar-refractivity contribution is 6.01. The number of primary amides is 1. The van der Waals surface area contributed by atoms with Crippen LogP contribution in [0.3, 0.4) is 0 Å². The van der Waals surface area contributed by atoms with Gasteiger partial charge in [0.2, 0.25) is 0 Å². The van der Waals surface area contributed by atoms with Crippen LogP contribution < -0.4 is 5.73 Å². The lowest BCUT2D eigenvalue weighted by atomic mass is 9.90. The predicted molar refractivity (Wildman–Crippen MR) is 95.6 cm³/mol. The zero-order chi connectivity index (χ0) is 22.5. The number of pyridine rings is 1. The first kappa shape index (κ1) is 24.8. The zero-order valence-electron chi connectivity index (χ0n) is 16.7. The number of hydrogen-bond donors (Lipinski definition) is 1. The smallest absolute Gasteiger partial charge is 0.434 e. The Morgan fingerprint density at radius 1 is 1.21 bits per heavy atom. The lowest BCUT2D eigenvalue weighted by Crippen LogP contribution is -2.27. The van der Waals surface area contributed by atoms with Crippen molar-refractivity contribution in [3.63, 3.8) is 0 Å². The van der Waals surface area contributed by atoms with Gasteiger partial charge in [-0.1, -0.05) is 33.6 Å². The second-order valence-electron chi connectivity index (χ2n) is 7.24. The molecule has 0 radical (unpaired) electrons. The van der Waals surface area contributed by atoms with Crippen molar-refractivity contribution < 1.29 is 36.3 Å². The zero-order valence-corrected chi connectivity index (χ0v) is 16.7. The first-order valence-corrected chi connectivity index (χ1v) is 9.20. The summed E-state index contributed by atoms with van der Waals surface area (Å²) in [6, 6.07) is 0. The third-order valence-corrected chi connectivity index (χ3v) is 4.01. The number of halogens is 5. The molecule has 1 aromatic rings. The Labute approximate surface area is 165 Å². The summed E-state index contributed by atoms with van der Waals surface area (Å²) >= 11 is 0. The molecule has 1 amide bonds. The third kappa shape index (κ3) is 6.93. The number of nitrogens with two attached hydrogens (primary N) is 1. The lowest BCUT2D eigenvalue weighted by molar-refractivity contribution is -0.142. The highest BCUT2D eigenvalue weighted by atomic mass is 19.4. The first-order chi connectivity index (χ1) is 13.3. The molecule has 29 heavy (non-hydrogen) atoms. The van der Waals surface area contributed by atoms with E-state index in [9.17, 15) is 31.5 Å². The van der Waals surface area contributed by atoms with Crippen molar-refractivity contribution in [1.29, 1.82) is 0 Å². The number of rotatable bonds is 6. The van der Waals surface area contributed by atoms with Gasteiger partial charge in [0, 0.05) is 0 Å². The standard InChI is InChI=1S/C15H17F5N2O3.C4H8/c1-4-25-14(24)9-7(5-6(2)3)8(13(21)23)10(12(16)17)22-11(9)15(18,19)20;1-4-2-3-4/h6,12H,4-5H2,1-3H3,(H2,21,23);4H,2-3H2,1H3. The minimum Gasteiger partial charge on any atom is -0.462 e. The van der Waals surface area contributed by atoms with Crippen LogP contribution in [0.2, 0.25) is 0 Å². The van der Waals surface area contributed by atoms with Crippen LogP contribution in [0, 0.1) is 11.8 Å². The maximum Gasteiger partial charge on any atom is 0.434 e. The number of amides is 1. The molecule has 0 spiro atoms. The first-order valence-electron chi connectivity index (χ1n) is 9.20. The van der Waals surface area contributed by atoms with Gasteiger partial charge >= 0.3 is 12.1 Å². The monoisotopic (exact) mass is 424 g/mol. The second-order valence-corrected chi connectivity index (χ2v) is 7.24. The Morgan fingerprint density at radius 3 is 2.03 bits per heavy atom. The van der Waals surface area contributed by atoms with Crippen LogP contribution in [0.5, 0.6) is 0 Å². The van der Waals surface area contributed by atoms with Crippen LogP contribution >= 0.6 is 0 Å². The number of ether oxygens (including phenoxy) is 1. The predicted octanol–water partition coefficient (Wildman–Crippen LogP) is 4.93. The maximum absolute atomic E-state index is 13.3. The molecule has 0 aromatic carbocycles. The van der Waals surface area contributed by atoms with Crippen molar-refractivity contribution in [2.75, 3.05) is 6.61 Å². The van der Waals surface area contributed by atoms with E-state index in [1.165, 1.54) is 19.8 Å². The van der Waals surface area contributed by atoms with E-state index >= 15 is 0 Å². The number of alkyl halides is 5. The van der Waals surface area contributed by atoms with E-state index in [1.54, 1.807) is 13.8 Å². The fourth-order valence-electron chi connectivity index (χ4n) is 2.49. The van der Waals surface area contributed by atoms with E-state index in [0.717, 1.165) is 5.92 Å². The van der Waals surface area contributed by atoms with Gasteiger partial charge in [-0.05, 0) is 30.7 Å². The Hall–Kier alpha value is -2.26.